The van der Waals surface area contributed by atoms with Crippen molar-refractivity contribution in [2.24, 2.45) is 0 Å². The molecule has 0 unspecified atom stereocenters. The number of anilines is 1. The molecular formula is C11H11N3O4. The highest BCUT2D eigenvalue weighted by atomic mass is 16.5. The third-order valence-corrected chi connectivity index (χ3v) is 2.16. The molecule has 0 saturated carbocycles. The van der Waals surface area contributed by atoms with Crippen LogP contribution in [0.5, 0.6) is 0 Å². The molecule has 0 aliphatic heterocycles. The molecule has 0 bridgehead atoms. The first-order chi connectivity index (χ1) is 8.75. The summed E-state index contributed by atoms with van der Waals surface area (Å²) in [4.78, 5) is 22.8. The van der Waals surface area contributed by atoms with Crippen LogP contribution in [0.4, 0.5) is 5.82 Å². The minimum atomic E-state index is -0.781. The van der Waals surface area contributed by atoms with E-state index in [1.54, 1.807) is 18.6 Å². The summed E-state index contributed by atoms with van der Waals surface area (Å²) >= 11 is 0. The molecule has 0 aromatic carbocycles. The van der Waals surface area contributed by atoms with Crippen LogP contribution in [0.1, 0.15) is 5.56 Å². The number of nitrogens with one attached hydrogen (secondary N) is 2. The van der Waals surface area contributed by atoms with E-state index < -0.39 is 11.8 Å². The van der Waals surface area contributed by atoms with Crippen LogP contribution in [-0.4, -0.2) is 23.5 Å². The second-order valence-electron chi connectivity index (χ2n) is 3.48. The standard InChI is InChI=1S/C11H11N3O4/c15-10(11(16)13-9-3-6-18-14-9)12-4-1-8-2-5-17-7-8/h2-3,5-7H,1,4H2,(H,12,15)(H,13,14,16). The van der Waals surface area contributed by atoms with E-state index in [2.05, 4.69) is 20.3 Å². The molecule has 2 rings (SSSR count). The predicted molar refractivity (Wildman–Crippen MR) is 60.6 cm³/mol. The van der Waals surface area contributed by atoms with Crippen LogP contribution >= 0.6 is 0 Å². The Bertz CT molecular complexity index is 504. The average Bonchev–Trinajstić information content (AvgIpc) is 3.01. The lowest BCUT2D eigenvalue weighted by atomic mass is 10.2. The Kier molecular flexibility index (Phi) is 3.75. The van der Waals surface area contributed by atoms with Crippen molar-refractivity contribution in [3.63, 3.8) is 0 Å². The second kappa shape index (κ2) is 5.67. The summed E-state index contributed by atoms with van der Waals surface area (Å²) in [5.74, 6) is -1.30. The van der Waals surface area contributed by atoms with Gasteiger partial charge in [0.15, 0.2) is 5.82 Å². The minimum Gasteiger partial charge on any atom is -0.472 e. The Hall–Kier alpha value is -2.57. The third kappa shape index (κ3) is 3.21. The lowest BCUT2D eigenvalue weighted by Crippen LogP contribution is -2.36. The summed E-state index contributed by atoms with van der Waals surface area (Å²) < 4.78 is 9.40. The van der Waals surface area contributed by atoms with E-state index in [-0.39, 0.29) is 5.82 Å². The van der Waals surface area contributed by atoms with Crippen molar-refractivity contribution >= 4 is 17.6 Å². The first kappa shape index (κ1) is 11.9. The van der Waals surface area contributed by atoms with Gasteiger partial charge in [0, 0.05) is 12.6 Å². The third-order valence-electron chi connectivity index (χ3n) is 2.16. The van der Waals surface area contributed by atoms with E-state index in [4.69, 9.17) is 4.42 Å². The van der Waals surface area contributed by atoms with Gasteiger partial charge in [0.2, 0.25) is 0 Å². The van der Waals surface area contributed by atoms with Crippen molar-refractivity contribution < 1.29 is 18.5 Å². The number of carbonyl (C=O) groups is 2. The lowest BCUT2D eigenvalue weighted by molar-refractivity contribution is -0.136. The van der Waals surface area contributed by atoms with Gasteiger partial charge in [-0.05, 0) is 18.1 Å². The van der Waals surface area contributed by atoms with E-state index in [1.165, 1.54) is 12.3 Å². The van der Waals surface area contributed by atoms with Crippen LogP contribution < -0.4 is 10.6 Å². The smallest absolute Gasteiger partial charge is 0.314 e. The zero-order valence-corrected chi connectivity index (χ0v) is 9.38. The maximum absolute atomic E-state index is 11.4. The van der Waals surface area contributed by atoms with Gasteiger partial charge in [-0.15, -0.1) is 0 Å². The average molecular weight is 249 g/mol. The molecule has 7 heteroatoms. The summed E-state index contributed by atoms with van der Waals surface area (Å²) in [6, 6.07) is 3.23. The van der Waals surface area contributed by atoms with Gasteiger partial charge >= 0.3 is 11.8 Å². The van der Waals surface area contributed by atoms with Crippen molar-refractivity contribution in [3.05, 3.63) is 36.5 Å². The van der Waals surface area contributed by atoms with E-state index in [1.807, 2.05) is 0 Å². The first-order valence-corrected chi connectivity index (χ1v) is 5.26. The molecule has 0 aliphatic rings. The first-order valence-electron chi connectivity index (χ1n) is 5.26. The highest BCUT2D eigenvalue weighted by molar-refractivity contribution is 6.39. The lowest BCUT2D eigenvalue weighted by Gasteiger charge is -2.03. The SMILES string of the molecule is O=C(NCCc1ccoc1)C(=O)Nc1ccon1. The van der Waals surface area contributed by atoms with Gasteiger partial charge in [-0.3, -0.25) is 14.9 Å². The summed E-state index contributed by atoms with van der Waals surface area (Å²) in [5.41, 5.74) is 0.951. The molecule has 2 amide bonds. The quantitative estimate of drug-likeness (QED) is 0.772. The van der Waals surface area contributed by atoms with Crippen molar-refractivity contribution in [1.82, 2.24) is 10.5 Å². The van der Waals surface area contributed by atoms with Gasteiger partial charge < -0.3 is 14.3 Å². The number of hydrogen-bond acceptors (Lipinski definition) is 5. The van der Waals surface area contributed by atoms with Gasteiger partial charge in [-0.1, -0.05) is 5.16 Å². The number of nitrogens with zero attached hydrogens (tertiary/aromatic N) is 1. The fourth-order valence-electron chi connectivity index (χ4n) is 1.29. The van der Waals surface area contributed by atoms with Gasteiger partial charge in [-0.25, -0.2) is 0 Å². The number of carbonyl (C=O) groups excluding carboxylic acids is 2. The van der Waals surface area contributed by atoms with Crippen LogP contribution in [0.25, 0.3) is 0 Å². The molecule has 0 spiro atoms. The van der Waals surface area contributed by atoms with Crippen LogP contribution in [0.3, 0.4) is 0 Å². The molecule has 0 atom stereocenters. The number of amides is 2. The Morgan fingerprint density at radius 2 is 2.11 bits per heavy atom. The molecule has 94 valence electrons. The summed E-state index contributed by atoms with van der Waals surface area (Å²) in [5, 5.41) is 8.23. The molecule has 2 aromatic rings. The highest BCUT2D eigenvalue weighted by Gasteiger charge is 2.14. The number of rotatable bonds is 4. The molecule has 2 N–H and O–H groups in total. The van der Waals surface area contributed by atoms with Gasteiger partial charge in [-0.2, -0.15) is 0 Å². The Morgan fingerprint density at radius 1 is 1.22 bits per heavy atom. The summed E-state index contributed by atoms with van der Waals surface area (Å²) in [7, 11) is 0. The van der Waals surface area contributed by atoms with Crippen LogP contribution in [0.15, 0.2) is 39.9 Å². The fourth-order valence-corrected chi connectivity index (χ4v) is 1.29. The molecule has 2 heterocycles. The van der Waals surface area contributed by atoms with Gasteiger partial charge in [0.05, 0.1) is 12.5 Å². The predicted octanol–water partition coefficient (Wildman–Crippen LogP) is 0.565. The summed E-state index contributed by atoms with van der Waals surface area (Å²) in [6.07, 6.45) is 5.03. The molecule has 0 aliphatic carbocycles. The zero-order chi connectivity index (χ0) is 12.8. The Balaban J connectivity index is 1.72. The van der Waals surface area contributed by atoms with E-state index in [0.29, 0.717) is 13.0 Å². The number of hydrogen-bond donors (Lipinski definition) is 2. The van der Waals surface area contributed by atoms with E-state index in [0.717, 1.165) is 5.56 Å². The molecule has 0 fully saturated rings. The van der Waals surface area contributed by atoms with Crippen LogP contribution in [0.2, 0.25) is 0 Å². The van der Waals surface area contributed by atoms with Crippen LogP contribution in [-0.2, 0) is 16.0 Å². The fraction of sp³-hybridized carbons (Fsp3) is 0.182. The summed E-state index contributed by atoms with van der Waals surface area (Å²) in [6.45, 7) is 0.352. The zero-order valence-electron chi connectivity index (χ0n) is 9.38. The van der Waals surface area contributed by atoms with Crippen molar-refractivity contribution in [1.29, 1.82) is 0 Å². The van der Waals surface area contributed by atoms with E-state index >= 15 is 0 Å². The number of furan rings is 1. The minimum absolute atomic E-state index is 0.199. The number of aromatic nitrogens is 1. The molecule has 2 aromatic heterocycles. The maximum atomic E-state index is 11.4. The van der Waals surface area contributed by atoms with Gasteiger partial charge in [0.1, 0.15) is 6.26 Å². The Labute approximate surface area is 102 Å². The molecular weight excluding hydrogens is 238 g/mol. The largest absolute Gasteiger partial charge is 0.472 e. The van der Waals surface area contributed by atoms with Crippen molar-refractivity contribution in [3.8, 4) is 0 Å². The topological polar surface area (TPSA) is 97.4 Å². The van der Waals surface area contributed by atoms with Crippen LogP contribution in [0, 0.1) is 0 Å². The Morgan fingerprint density at radius 3 is 2.78 bits per heavy atom. The van der Waals surface area contributed by atoms with E-state index in [9.17, 15) is 9.59 Å². The molecule has 18 heavy (non-hydrogen) atoms. The second-order valence-corrected chi connectivity index (χ2v) is 3.48. The molecule has 7 nitrogen and oxygen atoms in total. The molecule has 0 saturated heterocycles. The molecule has 0 radical (unpaired) electrons. The van der Waals surface area contributed by atoms with Crippen molar-refractivity contribution in [2.75, 3.05) is 11.9 Å². The normalized spacial score (nSPS) is 10.0. The van der Waals surface area contributed by atoms with Crippen molar-refractivity contribution in [2.45, 2.75) is 6.42 Å². The van der Waals surface area contributed by atoms with Gasteiger partial charge in [0.25, 0.3) is 0 Å². The monoisotopic (exact) mass is 249 g/mol. The maximum Gasteiger partial charge on any atom is 0.314 e. The highest BCUT2D eigenvalue weighted by Crippen LogP contribution is 2.01.